The van der Waals surface area contributed by atoms with Gasteiger partial charge in [0.2, 0.25) is 0 Å². The van der Waals surface area contributed by atoms with E-state index in [1.54, 1.807) is 30.4 Å². The molecule has 1 N–H and O–H groups in total. The number of fused-ring (bicyclic) bond motifs is 2. The van der Waals surface area contributed by atoms with Crippen LogP contribution < -0.4 is 0 Å². The van der Waals surface area contributed by atoms with Crippen molar-refractivity contribution in [2.75, 3.05) is 6.61 Å². The molecule has 0 unspecified atom stereocenters. The van der Waals surface area contributed by atoms with Gasteiger partial charge in [0.25, 0.3) is 11.6 Å². The number of thiophene rings is 4. The van der Waals surface area contributed by atoms with Crippen LogP contribution in [0.15, 0.2) is 35.0 Å². The number of hydrogen-bond donors (Lipinski definition) is 1. The van der Waals surface area contributed by atoms with Crippen molar-refractivity contribution in [2.45, 2.75) is 6.92 Å². The van der Waals surface area contributed by atoms with Gasteiger partial charge in [0.15, 0.2) is 0 Å². The molecule has 4 aromatic rings. The highest BCUT2D eigenvalue weighted by molar-refractivity contribution is 7.28. The van der Waals surface area contributed by atoms with E-state index in [2.05, 4.69) is 4.74 Å². The minimum atomic E-state index is -1.39. The Kier molecular flexibility index (Phi) is 6.35. The lowest BCUT2D eigenvalue weighted by atomic mass is 10.3. The Morgan fingerprint density at radius 2 is 1.36 bits per heavy atom. The Morgan fingerprint density at radius 3 is 1.79 bits per heavy atom. The molecule has 4 heterocycles. The van der Waals surface area contributed by atoms with Crippen molar-refractivity contribution in [1.82, 2.24) is 0 Å². The minimum absolute atomic E-state index is 0.227. The molecule has 10 heteroatoms. The lowest BCUT2D eigenvalue weighted by molar-refractivity contribution is -0.137. The van der Waals surface area contributed by atoms with Gasteiger partial charge in [-0.2, -0.15) is 0 Å². The predicted molar refractivity (Wildman–Crippen MR) is 112 cm³/mol. The topological polar surface area (TPSA) is 97.7 Å². The molecule has 0 saturated carbocycles. The molecule has 0 saturated heterocycles. The molecule has 4 aromatic heterocycles. The molecule has 0 aliphatic carbocycles. The van der Waals surface area contributed by atoms with Gasteiger partial charge < -0.3 is 9.84 Å². The first-order valence-electron chi connectivity index (χ1n) is 7.83. The standard InChI is InChI=1S/C10H8O3S2.C8H4O3S2/c1-2-13-10(12)9(11)8-5-7-6(15-8)3-4-14-7;9-7(8(10)11)6-3-5-4(13-6)1-2-12-5/h3-5H,2H2,1H3;1-3H,(H,10,11). The summed E-state index contributed by atoms with van der Waals surface area (Å²) in [6, 6.07) is 7.18. The zero-order valence-electron chi connectivity index (χ0n) is 14.3. The molecule has 0 aliphatic rings. The van der Waals surface area contributed by atoms with Gasteiger partial charge in [-0.25, -0.2) is 9.59 Å². The number of carbonyl (C=O) groups is 4. The molecule has 0 bridgehead atoms. The summed E-state index contributed by atoms with van der Waals surface area (Å²) in [5.74, 6) is -3.54. The number of Topliss-reactive ketones (excluding diaryl/α,β-unsaturated/α-hetero) is 2. The maximum absolute atomic E-state index is 11.5. The molecule has 4 rings (SSSR count). The van der Waals surface area contributed by atoms with Crippen LogP contribution in [0.2, 0.25) is 0 Å². The van der Waals surface area contributed by atoms with Gasteiger partial charge in [-0.15, -0.1) is 45.3 Å². The normalized spacial score (nSPS) is 10.5. The van der Waals surface area contributed by atoms with Crippen LogP contribution in [0.1, 0.15) is 26.3 Å². The summed E-state index contributed by atoms with van der Waals surface area (Å²) < 4.78 is 8.66. The van der Waals surface area contributed by atoms with Crippen molar-refractivity contribution in [3.63, 3.8) is 0 Å². The average Bonchev–Trinajstić information content (AvgIpc) is 3.40. The minimum Gasteiger partial charge on any atom is -0.475 e. The third-order valence-electron chi connectivity index (χ3n) is 3.38. The zero-order chi connectivity index (χ0) is 20.3. The van der Waals surface area contributed by atoms with E-state index >= 15 is 0 Å². The molecule has 0 aromatic carbocycles. The molecular weight excluding hydrogens is 440 g/mol. The van der Waals surface area contributed by atoms with E-state index in [-0.39, 0.29) is 6.61 Å². The second-order valence-electron chi connectivity index (χ2n) is 5.20. The van der Waals surface area contributed by atoms with Gasteiger partial charge >= 0.3 is 11.9 Å². The zero-order valence-corrected chi connectivity index (χ0v) is 17.6. The lowest BCUT2D eigenvalue weighted by Gasteiger charge is -1.97. The van der Waals surface area contributed by atoms with Gasteiger partial charge in [0.05, 0.1) is 16.4 Å². The van der Waals surface area contributed by atoms with Crippen molar-refractivity contribution >= 4 is 87.7 Å². The smallest absolute Gasteiger partial charge is 0.380 e. The van der Waals surface area contributed by atoms with Crippen LogP contribution in [0.5, 0.6) is 0 Å². The van der Waals surface area contributed by atoms with Gasteiger partial charge in [-0.3, -0.25) is 9.59 Å². The van der Waals surface area contributed by atoms with E-state index in [0.717, 1.165) is 18.8 Å². The Hall–Kier alpha value is -2.40. The number of aliphatic carboxylic acids is 1. The Labute approximate surface area is 174 Å². The Morgan fingerprint density at radius 1 is 0.857 bits per heavy atom. The molecular formula is C18H12O6S4. The summed E-state index contributed by atoms with van der Waals surface area (Å²) in [5, 5.41) is 12.3. The number of hydrogen-bond acceptors (Lipinski definition) is 9. The number of ketones is 2. The van der Waals surface area contributed by atoms with E-state index in [4.69, 9.17) is 5.11 Å². The third-order valence-corrected chi connectivity index (χ3v) is 7.57. The Balaban J connectivity index is 0.000000162. The maximum Gasteiger partial charge on any atom is 0.380 e. The highest BCUT2D eigenvalue weighted by Gasteiger charge is 2.20. The SMILES string of the molecule is CCOC(=O)C(=O)c1cc2sccc2s1.O=C(O)C(=O)c1cc2sccc2s1. The van der Waals surface area contributed by atoms with Crippen LogP contribution in [0.3, 0.4) is 0 Å². The summed E-state index contributed by atoms with van der Waals surface area (Å²) in [5.41, 5.74) is 0. The second-order valence-corrected chi connectivity index (χ2v) is 9.27. The molecule has 0 spiro atoms. The van der Waals surface area contributed by atoms with Crippen molar-refractivity contribution < 1.29 is 29.0 Å². The van der Waals surface area contributed by atoms with Crippen molar-refractivity contribution in [1.29, 1.82) is 0 Å². The number of carboxylic acid groups (broad SMARTS) is 1. The van der Waals surface area contributed by atoms with E-state index < -0.39 is 23.5 Å². The van der Waals surface area contributed by atoms with E-state index in [1.807, 2.05) is 22.9 Å². The molecule has 0 atom stereocenters. The monoisotopic (exact) mass is 452 g/mol. The number of carboxylic acids is 1. The third kappa shape index (κ3) is 4.36. The number of rotatable bonds is 5. The van der Waals surface area contributed by atoms with Crippen LogP contribution in [0.25, 0.3) is 18.8 Å². The number of esters is 1. The van der Waals surface area contributed by atoms with Crippen LogP contribution in [0.4, 0.5) is 0 Å². The first-order valence-corrected chi connectivity index (χ1v) is 11.2. The molecule has 28 heavy (non-hydrogen) atoms. The maximum atomic E-state index is 11.5. The molecule has 0 fully saturated rings. The van der Waals surface area contributed by atoms with Gasteiger partial charge in [-0.1, -0.05) is 0 Å². The van der Waals surface area contributed by atoms with Crippen molar-refractivity contribution in [3.8, 4) is 0 Å². The number of carbonyl (C=O) groups excluding carboxylic acids is 3. The lowest BCUT2D eigenvalue weighted by Crippen LogP contribution is -2.16. The fourth-order valence-electron chi connectivity index (χ4n) is 2.16. The first kappa shape index (κ1) is 20.3. The fraction of sp³-hybridized carbons (Fsp3) is 0.111. The highest BCUT2D eigenvalue weighted by atomic mass is 32.1. The second kappa shape index (κ2) is 8.74. The molecule has 6 nitrogen and oxygen atoms in total. The molecule has 0 amide bonds. The summed E-state index contributed by atoms with van der Waals surface area (Å²) in [7, 11) is 0. The quantitative estimate of drug-likeness (QED) is 0.262. The summed E-state index contributed by atoms with van der Waals surface area (Å²) in [4.78, 5) is 44.9. The molecule has 0 radical (unpaired) electrons. The van der Waals surface area contributed by atoms with Crippen molar-refractivity contribution in [3.05, 3.63) is 44.8 Å². The van der Waals surface area contributed by atoms with Crippen LogP contribution >= 0.6 is 45.3 Å². The van der Waals surface area contributed by atoms with Crippen LogP contribution in [-0.4, -0.2) is 35.2 Å². The first-order chi connectivity index (χ1) is 13.4. The van der Waals surface area contributed by atoms with E-state index in [9.17, 15) is 19.2 Å². The summed E-state index contributed by atoms with van der Waals surface area (Å²) in [6.45, 7) is 1.91. The fourth-order valence-corrected chi connectivity index (χ4v) is 6.23. The van der Waals surface area contributed by atoms with Gasteiger partial charge in [0, 0.05) is 18.8 Å². The van der Waals surface area contributed by atoms with Gasteiger partial charge in [0.1, 0.15) is 0 Å². The van der Waals surface area contributed by atoms with E-state index in [1.165, 1.54) is 34.0 Å². The molecule has 0 aliphatic heterocycles. The average molecular weight is 453 g/mol. The van der Waals surface area contributed by atoms with Crippen LogP contribution in [0, 0.1) is 0 Å². The summed E-state index contributed by atoms with van der Waals surface area (Å²) in [6.07, 6.45) is 0. The van der Waals surface area contributed by atoms with Crippen LogP contribution in [-0.2, 0) is 14.3 Å². The van der Waals surface area contributed by atoms with Crippen molar-refractivity contribution in [2.24, 2.45) is 0 Å². The Bertz CT molecular complexity index is 1120. The van der Waals surface area contributed by atoms with E-state index in [0.29, 0.717) is 9.75 Å². The largest absolute Gasteiger partial charge is 0.475 e. The molecule has 144 valence electrons. The summed E-state index contributed by atoms with van der Waals surface area (Å²) >= 11 is 5.61. The highest BCUT2D eigenvalue weighted by Crippen LogP contribution is 2.31. The van der Waals surface area contributed by atoms with Gasteiger partial charge in [-0.05, 0) is 41.9 Å². The predicted octanol–water partition coefficient (Wildman–Crippen LogP) is 4.94. The number of ether oxygens (including phenoxy) is 1.